The molecule has 0 radical (unpaired) electrons. The Labute approximate surface area is 121 Å². The topological polar surface area (TPSA) is 21.3 Å². The first-order valence-electron chi connectivity index (χ1n) is 7.19. The summed E-state index contributed by atoms with van der Waals surface area (Å²) in [6.45, 7) is 5.62. The normalized spacial score (nSPS) is 24.3. The van der Waals surface area contributed by atoms with E-state index in [1.807, 2.05) is 12.1 Å². The van der Waals surface area contributed by atoms with Crippen molar-refractivity contribution in [1.82, 2.24) is 5.32 Å². The number of benzene rings is 1. The molecule has 1 atom stereocenters. The first-order chi connectivity index (χ1) is 9.10. The first-order valence-corrected chi connectivity index (χ1v) is 7.57. The highest BCUT2D eigenvalue weighted by Crippen LogP contribution is 2.42. The molecule has 0 aliphatic carbocycles. The Balaban J connectivity index is 2.51. The SMILES string of the molecule is COc1ccc(Cl)cc1C1(C(C)C)CCCCCN1. The molecule has 106 valence electrons. The zero-order valence-corrected chi connectivity index (χ0v) is 12.9. The summed E-state index contributed by atoms with van der Waals surface area (Å²) in [5.41, 5.74) is 1.19. The van der Waals surface area contributed by atoms with E-state index in [0.29, 0.717) is 5.92 Å². The maximum Gasteiger partial charge on any atom is 0.124 e. The van der Waals surface area contributed by atoms with E-state index in [2.05, 4.69) is 25.2 Å². The molecule has 3 heteroatoms. The van der Waals surface area contributed by atoms with Gasteiger partial charge in [0.2, 0.25) is 0 Å². The third-order valence-electron chi connectivity index (χ3n) is 4.32. The van der Waals surface area contributed by atoms with E-state index in [1.165, 1.54) is 24.8 Å². The van der Waals surface area contributed by atoms with Gasteiger partial charge in [-0.2, -0.15) is 0 Å². The van der Waals surface area contributed by atoms with Crippen LogP contribution in [0.15, 0.2) is 18.2 Å². The van der Waals surface area contributed by atoms with Gasteiger partial charge < -0.3 is 10.1 Å². The molecule has 1 fully saturated rings. The lowest BCUT2D eigenvalue weighted by atomic mass is 9.76. The third kappa shape index (κ3) is 2.90. The molecular weight excluding hydrogens is 258 g/mol. The van der Waals surface area contributed by atoms with Crippen LogP contribution in [-0.4, -0.2) is 13.7 Å². The van der Waals surface area contributed by atoms with Crippen molar-refractivity contribution in [3.8, 4) is 5.75 Å². The third-order valence-corrected chi connectivity index (χ3v) is 4.55. The summed E-state index contributed by atoms with van der Waals surface area (Å²) >= 11 is 6.22. The monoisotopic (exact) mass is 281 g/mol. The first kappa shape index (κ1) is 14.7. The van der Waals surface area contributed by atoms with E-state index in [0.717, 1.165) is 23.7 Å². The second kappa shape index (κ2) is 6.15. The average molecular weight is 282 g/mol. The number of methoxy groups -OCH3 is 1. The van der Waals surface area contributed by atoms with Gasteiger partial charge in [0.25, 0.3) is 0 Å². The van der Waals surface area contributed by atoms with Crippen molar-refractivity contribution in [2.75, 3.05) is 13.7 Å². The fraction of sp³-hybridized carbons (Fsp3) is 0.625. The van der Waals surface area contributed by atoms with Gasteiger partial charge in [-0.1, -0.05) is 38.3 Å². The van der Waals surface area contributed by atoms with Gasteiger partial charge in [-0.25, -0.2) is 0 Å². The summed E-state index contributed by atoms with van der Waals surface area (Å²) in [6.07, 6.45) is 4.93. The van der Waals surface area contributed by atoms with Crippen molar-refractivity contribution >= 4 is 11.6 Å². The quantitative estimate of drug-likeness (QED) is 0.889. The molecule has 1 unspecified atom stereocenters. The van der Waals surface area contributed by atoms with Crippen LogP contribution >= 0.6 is 11.6 Å². The van der Waals surface area contributed by atoms with Gasteiger partial charge in [0.05, 0.1) is 7.11 Å². The zero-order valence-electron chi connectivity index (χ0n) is 12.1. The maximum atomic E-state index is 6.22. The summed E-state index contributed by atoms with van der Waals surface area (Å²) in [6, 6.07) is 5.95. The average Bonchev–Trinajstić information content (AvgIpc) is 2.65. The number of ether oxygens (including phenoxy) is 1. The summed E-state index contributed by atoms with van der Waals surface area (Å²) in [7, 11) is 1.73. The minimum Gasteiger partial charge on any atom is -0.496 e. The highest BCUT2D eigenvalue weighted by atomic mass is 35.5. The van der Waals surface area contributed by atoms with E-state index in [-0.39, 0.29) is 5.54 Å². The van der Waals surface area contributed by atoms with Gasteiger partial charge in [-0.15, -0.1) is 0 Å². The molecule has 1 saturated heterocycles. The maximum absolute atomic E-state index is 6.22. The van der Waals surface area contributed by atoms with E-state index in [1.54, 1.807) is 7.11 Å². The fourth-order valence-electron chi connectivity index (χ4n) is 3.17. The Morgan fingerprint density at radius 3 is 2.74 bits per heavy atom. The molecule has 1 aromatic rings. The van der Waals surface area contributed by atoms with Gasteiger partial charge in [0, 0.05) is 16.1 Å². The van der Waals surface area contributed by atoms with Crippen LogP contribution in [0.5, 0.6) is 5.75 Å². The van der Waals surface area contributed by atoms with Gasteiger partial charge in [0.15, 0.2) is 0 Å². The van der Waals surface area contributed by atoms with Crippen LogP contribution in [-0.2, 0) is 5.54 Å². The lowest BCUT2D eigenvalue weighted by Crippen LogP contribution is -2.46. The van der Waals surface area contributed by atoms with Crippen LogP contribution in [0.4, 0.5) is 0 Å². The highest BCUT2D eigenvalue weighted by Gasteiger charge is 2.38. The summed E-state index contributed by atoms with van der Waals surface area (Å²) < 4.78 is 5.57. The van der Waals surface area contributed by atoms with E-state index < -0.39 is 0 Å². The molecule has 2 nitrogen and oxygen atoms in total. The highest BCUT2D eigenvalue weighted by molar-refractivity contribution is 6.30. The molecule has 1 N–H and O–H groups in total. The van der Waals surface area contributed by atoms with Crippen LogP contribution in [0.1, 0.15) is 45.1 Å². The van der Waals surface area contributed by atoms with Crippen molar-refractivity contribution in [1.29, 1.82) is 0 Å². The minimum atomic E-state index is -0.0211. The van der Waals surface area contributed by atoms with Crippen LogP contribution in [0, 0.1) is 5.92 Å². The minimum absolute atomic E-state index is 0.0211. The Morgan fingerprint density at radius 1 is 1.26 bits per heavy atom. The van der Waals surface area contributed by atoms with Gasteiger partial charge in [-0.3, -0.25) is 0 Å². The molecule has 0 bridgehead atoms. The number of hydrogen-bond donors (Lipinski definition) is 1. The van der Waals surface area contributed by atoms with Crippen molar-refractivity contribution in [2.45, 2.75) is 45.1 Å². The lowest BCUT2D eigenvalue weighted by molar-refractivity contribution is 0.222. The number of hydrogen-bond acceptors (Lipinski definition) is 2. The predicted molar refractivity (Wildman–Crippen MR) is 81.0 cm³/mol. The second-order valence-electron chi connectivity index (χ2n) is 5.71. The standard InChI is InChI=1S/C16H24ClNO/c1-12(2)16(9-5-4-6-10-18-16)14-11-13(17)7-8-15(14)19-3/h7-8,11-12,18H,4-6,9-10H2,1-3H3. The molecule has 1 aliphatic heterocycles. The van der Waals surface area contributed by atoms with Gasteiger partial charge in [-0.05, 0) is 43.5 Å². The Hall–Kier alpha value is -0.730. The van der Waals surface area contributed by atoms with Crippen molar-refractivity contribution in [3.05, 3.63) is 28.8 Å². The fourth-order valence-corrected chi connectivity index (χ4v) is 3.34. The molecule has 2 rings (SSSR count). The largest absolute Gasteiger partial charge is 0.496 e. The summed E-state index contributed by atoms with van der Waals surface area (Å²) in [4.78, 5) is 0. The zero-order chi connectivity index (χ0) is 13.9. The summed E-state index contributed by atoms with van der Waals surface area (Å²) in [5.74, 6) is 1.44. The van der Waals surface area contributed by atoms with Crippen LogP contribution in [0.25, 0.3) is 0 Å². The smallest absolute Gasteiger partial charge is 0.124 e. The van der Waals surface area contributed by atoms with E-state index >= 15 is 0 Å². The van der Waals surface area contributed by atoms with Crippen molar-refractivity contribution in [2.24, 2.45) is 5.92 Å². The van der Waals surface area contributed by atoms with E-state index in [9.17, 15) is 0 Å². The van der Waals surface area contributed by atoms with Crippen LogP contribution < -0.4 is 10.1 Å². The van der Waals surface area contributed by atoms with Gasteiger partial charge >= 0.3 is 0 Å². The van der Waals surface area contributed by atoms with Crippen molar-refractivity contribution in [3.63, 3.8) is 0 Å². The Morgan fingerprint density at radius 2 is 2.05 bits per heavy atom. The summed E-state index contributed by atoms with van der Waals surface area (Å²) in [5, 5.41) is 4.55. The van der Waals surface area contributed by atoms with Crippen molar-refractivity contribution < 1.29 is 4.74 Å². The van der Waals surface area contributed by atoms with E-state index in [4.69, 9.17) is 16.3 Å². The molecule has 1 heterocycles. The lowest BCUT2D eigenvalue weighted by Gasteiger charge is -2.39. The molecule has 1 aliphatic rings. The number of rotatable bonds is 3. The molecule has 19 heavy (non-hydrogen) atoms. The Bertz CT molecular complexity index is 423. The van der Waals surface area contributed by atoms with Crippen LogP contribution in [0.2, 0.25) is 5.02 Å². The number of halogens is 1. The number of nitrogens with one attached hydrogen (secondary N) is 1. The Kier molecular flexibility index (Phi) is 4.75. The molecule has 0 saturated carbocycles. The molecule has 0 amide bonds. The van der Waals surface area contributed by atoms with Gasteiger partial charge in [0.1, 0.15) is 5.75 Å². The predicted octanol–water partition coefficient (Wildman–Crippen LogP) is 4.36. The molecule has 1 aromatic carbocycles. The molecule has 0 aromatic heterocycles. The second-order valence-corrected chi connectivity index (χ2v) is 6.14. The molecule has 0 spiro atoms. The van der Waals surface area contributed by atoms with Crippen LogP contribution in [0.3, 0.4) is 0 Å². The molecular formula is C16H24ClNO.